The lowest BCUT2D eigenvalue weighted by atomic mass is 10.1. The van der Waals surface area contributed by atoms with E-state index in [9.17, 15) is 9.59 Å². The summed E-state index contributed by atoms with van der Waals surface area (Å²) in [5.41, 5.74) is 3.35. The van der Waals surface area contributed by atoms with Gasteiger partial charge in [0.1, 0.15) is 5.82 Å². The number of benzene rings is 2. The van der Waals surface area contributed by atoms with Gasteiger partial charge in [0.05, 0.1) is 48.7 Å². The smallest absolute Gasteiger partial charge is 0.258 e. The van der Waals surface area contributed by atoms with Crippen LogP contribution in [0.3, 0.4) is 0 Å². The number of aryl methyl sites for hydroxylation is 1. The molecule has 178 valence electrons. The molecule has 2 N–H and O–H groups in total. The molecule has 2 aliphatic heterocycles. The molecule has 0 atom stereocenters. The monoisotopic (exact) mass is 463 g/mol. The number of nitrogens with zero attached hydrogens (tertiary/aromatic N) is 3. The Kier molecular flexibility index (Phi) is 6.73. The van der Waals surface area contributed by atoms with E-state index >= 15 is 0 Å². The van der Waals surface area contributed by atoms with Crippen molar-refractivity contribution in [2.75, 3.05) is 67.7 Å². The van der Waals surface area contributed by atoms with Gasteiger partial charge in [0.25, 0.3) is 5.56 Å². The quantitative estimate of drug-likeness (QED) is 0.578. The van der Waals surface area contributed by atoms with E-state index in [1.807, 2.05) is 24.3 Å². The summed E-state index contributed by atoms with van der Waals surface area (Å²) in [7, 11) is 0. The Morgan fingerprint density at radius 1 is 0.971 bits per heavy atom. The van der Waals surface area contributed by atoms with Crippen LogP contribution in [0, 0.1) is 0 Å². The third kappa shape index (κ3) is 5.05. The molecule has 1 aromatic heterocycles. The molecular formula is C25H29N5O4. The van der Waals surface area contributed by atoms with E-state index in [-0.39, 0.29) is 17.9 Å². The van der Waals surface area contributed by atoms with Gasteiger partial charge in [-0.2, -0.15) is 0 Å². The van der Waals surface area contributed by atoms with E-state index < -0.39 is 0 Å². The van der Waals surface area contributed by atoms with Crippen LogP contribution in [0.15, 0.2) is 47.3 Å². The van der Waals surface area contributed by atoms with Gasteiger partial charge in [-0.1, -0.05) is 12.1 Å². The van der Waals surface area contributed by atoms with Crippen molar-refractivity contribution in [3.8, 4) is 0 Å². The molecule has 0 unspecified atom stereocenters. The van der Waals surface area contributed by atoms with Gasteiger partial charge in [-0.05, 0) is 30.3 Å². The van der Waals surface area contributed by atoms with Crippen molar-refractivity contribution in [2.45, 2.75) is 12.8 Å². The normalized spacial score (nSPS) is 16.6. The number of para-hydroxylation sites is 1. The van der Waals surface area contributed by atoms with Crippen molar-refractivity contribution in [1.82, 2.24) is 9.97 Å². The Balaban J connectivity index is 1.31. The highest BCUT2D eigenvalue weighted by Crippen LogP contribution is 2.32. The molecule has 34 heavy (non-hydrogen) atoms. The molecule has 9 heteroatoms. The number of morpholine rings is 2. The zero-order chi connectivity index (χ0) is 23.3. The molecule has 0 aliphatic carbocycles. The zero-order valence-corrected chi connectivity index (χ0v) is 19.1. The summed E-state index contributed by atoms with van der Waals surface area (Å²) in [6.45, 7) is 6.02. The average molecular weight is 464 g/mol. The second-order valence-electron chi connectivity index (χ2n) is 8.48. The summed E-state index contributed by atoms with van der Waals surface area (Å²) < 4.78 is 11.0. The Hall–Kier alpha value is -3.43. The van der Waals surface area contributed by atoms with Crippen molar-refractivity contribution in [3.63, 3.8) is 0 Å². The first kappa shape index (κ1) is 22.4. The number of carbonyl (C=O) groups excluding carboxylic acids is 1. The van der Waals surface area contributed by atoms with Gasteiger partial charge in [0, 0.05) is 44.7 Å². The molecule has 9 nitrogen and oxygen atoms in total. The third-order valence-corrected chi connectivity index (χ3v) is 6.23. The number of anilines is 3. The minimum absolute atomic E-state index is 0.121. The second-order valence-corrected chi connectivity index (χ2v) is 8.48. The lowest BCUT2D eigenvalue weighted by Crippen LogP contribution is -2.38. The molecule has 3 aromatic rings. The summed E-state index contributed by atoms with van der Waals surface area (Å²) in [5, 5.41) is 3.62. The fourth-order valence-electron chi connectivity index (χ4n) is 4.41. The number of carbonyl (C=O) groups is 1. The molecule has 0 spiro atoms. The second kappa shape index (κ2) is 10.2. The number of ether oxygens (including phenoxy) is 2. The van der Waals surface area contributed by atoms with Crippen molar-refractivity contribution in [1.29, 1.82) is 0 Å². The van der Waals surface area contributed by atoms with Gasteiger partial charge in [0.15, 0.2) is 0 Å². The highest BCUT2D eigenvalue weighted by Gasteiger charge is 2.19. The molecule has 5 rings (SSSR count). The number of hydrogen-bond donors (Lipinski definition) is 2. The first-order chi connectivity index (χ1) is 16.7. The van der Waals surface area contributed by atoms with Crippen molar-refractivity contribution >= 4 is 33.9 Å². The fourth-order valence-corrected chi connectivity index (χ4v) is 4.41. The fraction of sp³-hybridized carbons (Fsp3) is 0.400. The maximum absolute atomic E-state index is 12.9. The van der Waals surface area contributed by atoms with Gasteiger partial charge < -0.3 is 29.6 Å². The molecule has 0 bridgehead atoms. The van der Waals surface area contributed by atoms with Crippen LogP contribution in [0.5, 0.6) is 0 Å². The Bertz CT molecular complexity index is 1220. The standard InChI is InChI=1S/C25H29N5O4/c31-24(8-7-23-26-20-4-2-1-3-19(20)25(32)28-23)27-21-6-5-18(29-9-13-33-14-10-29)17-22(21)30-11-15-34-16-12-30/h1-6,17H,7-16H2,(H,27,31)(H,26,28,32). The van der Waals surface area contributed by atoms with Gasteiger partial charge in [-0.15, -0.1) is 0 Å². The first-order valence-corrected chi connectivity index (χ1v) is 11.7. The molecule has 0 radical (unpaired) electrons. The van der Waals surface area contributed by atoms with Crippen molar-refractivity contribution < 1.29 is 14.3 Å². The van der Waals surface area contributed by atoms with E-state index in [1.54, 1.807) is 12.1 Å². The SMILES string of the molecule is O=C(CCc1nc2ccccc2c(=O)[nH]1)Nc1ccc(N2CCOCC2)cc1N1CCOCC1. The molecule has 3 heterocycles. The minimum atomic E-state index is -0.186. The van der Waals surface area contributed by atoms with E-state index in [4.69, 9.17) is 9.47 Å². The van der Waals surface area contributed by atoms with Crippen molar-refractivity contribution in [3.05, 3.63) is 58.6 Å². The highest BCUT2D eigenvalue weighted by molar-refractivity contribution is 5.95. The zero-order valence-electron chi connectivity index (χ0n) is 19.1. The molecular weight excluding hydrogens is 434 g/mol. The van der Waals surface area contributed by atoms with E-state index in [0.717, 1.165) is 56.5 Å². The molecule has 2 aliphatic rings. The summed E-state index contributed by atoms with van der Waals surface area (Å²) in [4.78, 5) is 37.0. The lowest BCUT2D eigenvalue weighted by molar-refractivity contribution is -0.116. The summed E-state index contributed by atoms with van der Waals surface area (Å²) in [5.74, 6) is 0.388. The van der Waals surface area contributed by atoms with Gasteiger partial charge in [-0.3, -0.25) is 9.59 Å². The summed E-state index contributed by atoms with van der Waals surface area (Å²) in [6.07, 6.45) is 0.569. The Labute approximate surface area is 197 Å². The minimum Gasteiger partial charge on any atom is -0.378 e. The predicted molar refractivity (Wildman–Crippen MR) is 132 cm³/mol. The maximum atomic E-state index is 12.9. The summed E-state index contributed by atoms with van der Waals surface area (Å²) in [6, 6.07) is 13.4. The largest absolute Gasteiger partial charge is 0.378 e. The number of rotatable bonds is 6. The van der Waals surface area contributed by atoms with Crippen LogP contribution in [-0.4, -0.2) is 68.5 Å². The third-order valence-electron chi connectivity index (χ3n) is 6.23. The number of H-pyrrole nitrogens is 1. The maximum Gasteiger partial charge on any atom is 0.258 e. The Morgan fingerprint density at radius 3 is 2.44 bits per heavy atom. The van der Waals surface area contributed by atoms with Crippen LogP contribution in [0.1, 0.15) is 12.2 Å². The molecule has 1 amide bonds. The molecule has 0 saturated carbocycles. The summed E-state index contributed by atoms with van der Waals surface area (Å²) >= 11 is 0. The van der Waals surface area contributed by atoms with Crippen LogP contribution in [-0.2, 0) is 20.7 Å². The van der Waals surface area contributed by atoms with Crippen LogP contribution in [0.2, 0.25) is 0 Å². The van der Waals surface area contributed by atoms with Gasteiger partial charge in [-0.25, -0.2) is 4.98 Å². The molecule has 2 fully saturated rings. The van der Waals surface area contributed by atoms with E-state index in [0.29, 0.717) is 36.4 Å². The predicted octanol–water partition coefficient (Wildman–Crippen LogP) is 2.17. The molecule has 2 saturated heterocycles. The van der Waals surface area contributed by atoms with Gasteiger partial charge in [0.2, 0.25) is 5.91 Å². The number of nitrogens with one attached hydrogen (secondary N) is 2. The van der Waals surface area contributed by atoms with E-state index in [2.05, 4.69) is 31.2 Å². The number of aromatic nitrogens is 2. The van der Waals surface area contributed by atoms with Gasteiger partial charge >= 0.3 is 0 Å². The number of aromatic amines is 1. The lowest BCUT2D eigenvalue weighted by Gasteiger charge is -2.33. The number of fused-ring (bicyclic) bond motifs is 1. The highest BCUT2D eigenvalue weighted by atomic mass is 16.5. The first-order valence-electron chi connectivity index (χ1n) is 11.7. The average Bonchev–Trinajstić information content (AvgIpc) is 2.89. The number of hydrogen-bond acceptors (Lipinski definition) is 7. The van der Waals surface area contributed by atoms with E-state index in [1.165, 1.54) is 0 Å². The van der Waals surface area contributed by atoms with Crippen LogP contribution in [0.25, 0.3) is 10.9 Å². The number of amides is 1. The van der Waals surface area contributed by atoms with Crippen molar-refractivity contribution in [2.24, 2.45) is 0 Å². The van der Waals surface area contributed by atoms with Crippen LogP contribution in [0.4, 0.5) is 17.1 Å². The Morgan fingerprint density at radius 2 is 1.68 bits per heavy atom. The topological polar surface area (TPSA) is 99.8 Å². The van der Waals surface area contributed by atoms with Crippen LogP contribution < -0.4 is 20.7 Å². The molecule has 2 aromatic carbocycles. The van der Waals surface area contributed by atoms with Crippen LogP contribution >= 0.6 is 0 Å².